The van der Waals surface area contributed by atoms with E-state index in [1.165, 1.54) is 30.3 Å². The Kier molecular flexibility index (Phi) is 5.85. The van der Waals surface area contributed by atoms with Crippen LogP contribution in [0.5, 0.6) is 0 Å². The van der Waals surface area contributed by atoms with Crippen LogP contribution in [-0.2, 0) is 10.0 Å². The van der Waals surface area contributed by atoms with Gasteiger partial charge in [0.2, 0.25) is 10.0 Å². The summed E-state index contributed by atoms with van der Waals surface area (Å²) in [5.41, 5.74) is 0.984. The lowest BCUT2D eigenvalue weighted by Crippen LogP contribution is -2.48. The van der Waals surface area contributed by atoms with Crippen LogP contribution in [0.2, 0.25) is 0 Å². The topological polar surface area (TPSA) is 52.7 Å². The monoisotopic (exact) mass is 381 g/mol. The normalized spacial score (nSPS) is 16.0. The van der Waals surface area contributed by atoms with E-state index >= 15 is 0 Å². The highest BCUT2D eigenvalue weighted by atomic mass is 32.2. The minimum absolute atomic E-state index is 0.0707. The standard InChI is InChI=1S/C18H21F2N3O2S/c19-15-4-6-17(7-5-15)23-12-10-22(11-13-23)9-8-21-26(24,25)18-3-1-2-16(20)14-18/h1-7,14,21H,8-13H2. The second kappa shape index (κ2) is 8.11. The molecule has 1 aliphatic rings. The Labute approximate surface area is 152 Å². The molecule has 2 aromatic rings. The maximum absolute atomic E-state index is 13.2. The lowest BCUT2D eigenvalue weighted by atomic mass is 10.2. The van der Waals surface area contributed by atoms with Crippen LogP contribution in [0.15, 0.2) is 53.4 Å². The Hall–Kier alpha value is -2.03. The van der Waals surface area contributed by atoms with Gasteiger partial charge in [0, 0.05) is 45.0 Å². The summed E-state index contributed by atoms with van der Waals surface area (Å²) in [4.78, 5) is 4.26. The van der Waals surface area contributed by atoms with Crippen LogP contribution in [0.4, 0.5) is 14.5 Å². The predicted molar refractivity (Wildman–Crippen MR) is 96.6 cm³/mol. The molecular formula is C18H21F2N3O2S. The second-order valence-corrected chi connectivity index (χ2v) is 7.93. The van der Waals surface area contributed by atoms with Gasteiger partial charge < -0.3 is 4.90 Å². The number of rotatable bonds is 6. The highest BCUT2D eigenvalue weighted by Crippen LogP contribution is 2.17. The third-order valence-electron chi connectivity index (χ3n) is 4.39. The van der Waals surface area contributed by atoms with Gasteiger partial charge in [-0.25, -0.2) is 21.9 Å². The number of anilines is 1. The van der Waals surface area contributed by atoms with Crippen molar-refractivity contribution in [3.8, 4) is 0 Å². The lowest BCUT2D eigenvalue weighted by Gasteiger charge is -2.36. The number of piperazine rings is 1. The molecule has 1 fully saturated rings. The molecule has 8 heteroatoms. The average Bonchev–Trinajstić information content (AvgIpc) is 2.63. The van der Waals surface area contributed by atoms with Crippen molar-refractivity contribution in [3.05, 3.63) is 60.2 Å². The van der Waals surface area contributed by atoms with E-state index in [0.29, 0.717) is 6.54 Å². The first-order chi connectivity index (χ1) is 12.4. The highest BCUT2D eigenvalue weighted by molar-refractivity contribution is 7.89. The molecule has 0 radical (unpaired) electrons. The number of hydrogen-bond acceptors (Lipinski definition) is 4. The molecule has 0 atom stereocenters. The van der Waals surface area contributed by atoms with Gasteiger partial charge in [-0.1, -0.05) is 6.07 Å². The zero-order valence-electron chi connectivity index (χ0n) is 14.2. The summed E-state index contributed by atoms with van der Waals surface area (Å²) in [6.07, 6.45) is 0. The molecule has 5 nitrogen and oxygen atoms in total. The van der Waals surface area contributed by atoms with E-state index in [4.69, 9.17) is 0 Å². The first kappa shape index (κ1) is 18.8. The molecule has 1 N–H and O–H groups in total. The molecule has 0 amide bonds. The summed E-state index contributed by atoms with van der Waals surface area (Å²) in [6, 6.07) is 11.4. The van der Waals surface area contributed by atoms with Gasteiger partial charge in [0.1, 0.15) is 11.6 Å². The molecule has 140 valence electrons. The molecule has 1 saturated heterocycles. The maximum Gasteiger partial charge on any atom is 0.240 e. The smallest absolute Gasteiger partial charge is 0.240 e. The molecule has 0 unspecified atom stereocenters. The van der Waals surface area contributed by atoms with Gasteiger partial charge in [-0.05, 0) is 42.5 Å². The Morgan fingerprint density at radius 2 is 1.62 bits per heavy atom. The van der Waals surface area contributed by atoms with Gasteiger partial charge in [0.25, 0.3) is 0 Å². The van der Waals surface area contributed by atoms with Gasteiger partial charge in [-0.3, -0.25) is 4.90 Å². The molecule has 2 aromatic carbocycles. The minimum atomic E-state index is -3.70. The van der Waals surface area contributed by atoms with E-state index in [-0.39, 0.29) is 17.3 Å². The first-order valence-corrected chi connectivity index (χ1v) is 9.90. The van der Waals surface area contributed by atoms with Crippen LogP contribution in [0.25, 0.3) is 0 Å². The van der Waals surface area contributed by atoms with Gasteiger partial charge in [-0.15, -0.1) is 0 Å². The summed E-state index contributed by atoms with van der Waals surface area (Å²) in [5.74, 6) is -0.831. The van der Waals surface area contributed by atoms with E-state index in [0.717, 1.165) is 37.9 Å². The van der Waals surface area contributed by atoms with E-state index in [1.807, 2.05) is 0 Å². The van der Waals surface area contributed by atoms with Crippen LogP contribution in [0, 0.1) is 11.6 Å². The number of benzene rings is 2. The Bertz CT molecular complexity index is 836. The van der Waals surface area contributed by atoms with E-state index in [9.17, 15) is 17.2 Å². The molecule has 26 heavy (non-hydrogen) atoms. The summed E-state index contributed by atoms with van der Waals surface area (Å²) in [5, 5.41) is 0. The number of sulfonamides is 1. The van der Waals surface area contributed by atoms with Crippen molar-refractivity contribution >= 4 is 15.7 Å². The molecular weight excluding hydrogens is 360 g/mol. The fraction of sp³-hybridized carbons (Fsp3) is 0.333. The van der Waals surface area contributed by atoms with Crippen molar-refractivity contribution < 1.29 is 17.2 Å². The largest absolute Gasteiger partial charge is 0.369 e. The Morgan fingerprint density at radius 3 is 2.27 bits per heavy atom. The predicted octanol–water partition coefficient (Wildman–Crippen LogP) is 2.07. The van der Waals surface area contributed by atoms with Crippen LogP contribution in [0.1, 0.15) is 0 Å². The number of hydrogen-bond donors (Lipinski definition) is 1. The molecule has 0 bridgehead atoms. The molecule has 0 aromatic heterocycles. The summed E-state index contributed by atoms with van der Waals surface area (Å²) >= 11 is 0. The summed E-state index contributed by atoms with van der Waals surface area (Å²) < 4.78 is 53.0. The fourth-order valence-corrected chi connectivity index (χ4v) is 3.99. The van der Waals surface area contributed by atoms with Crippen LogP contribution >= 0.6 is 0 Å². The van der Waals surface area contributed by atoms with E-state index < -0.39 is 15.8 Å². The second-order valence-electron chi connectivity index (χ2n) is 6.16. The number of nitrogens with one attached hydrogen (secondary N) is 1. The van der Waals surface area contributed by atoms with Crippen molar-refractivity contribution in [2.45, 2.75) is 4.90 Å². The zero-order chi connectivity index (χ0) is 18.6. The van der Waals surface area contributed by atoms with E-state index in [1.54, 1.807) is 12.1 Å². The van der Waals surface area contributed by atoms with Crippen LogP contribution in [-0.4, -0.2) is 52.6 Å². The van der Waals surface area contributed by atoms with Gasteiger partial charge in [-0.2, -0.15) is 0 Å². The van der Waals surface area contributed by atoms with Crippen molar-refractivity contribution in [1.29, 1.82) is 0 Å². The van der Waals surface area contributed by atoms with Crippen molar-refractivity contribution in [3.63, 3.8) is 0 Å². The van der Waals surface area contributed by atoms with Crippen molar-refractivity contribution in [1.82, 2.24) is 9.62 Å². The fourth-order valence-electron chi connectivity index (χ4n) is 2.94. The number of nitrogens with zero attached hydrogens (tertiary/aromatic N) is 2. The third kappa shape index (κ3) is 4.78. The van der Waals surface area contributed by atoms with Gasteiger partial charge in [0.05, 0.1) is 4.90 Å². The molecule has 0 spiro atoms. The van der Waals surface area contributed by atoms with Gasteiger partial charge >= 0.3 is 0 Å². The average molecular weight is 381 g/mol. The Balaban J connectivity index is 1.46. The van der Waals surface area contributed by atoms with Crippen molar-refractivity contribution in [2.75, 3.05) is 44.2 Å². The van der Waals surface area contributed by atoms with Crippen LogP contribution < -0.4 is 9.62 Å². The SMILES string of the molecule is O=S(=O)(NCCN1CCN(c2ccc(F)cc2)CC1)c1cccc(F)c1. The highest BCUT2D eigenvalue weighted by Gasteiger charge is 2.19. The zero-order valence-corrected chi connectivity index (χ0v) is 15.1. The summed E-state index contributed by atoms with van der Waals surface area (Å²) in [6.45, 7) is 4.00. The van der Waals surface area contributed by atoms with Crippen LogP contribution in [0.3, 0.4) is 0 Å². The van der Waals surface area contributed by atoms with Crippen molar-refractivity contribution in [2.24, 2.45) is 0 Å². The van der Waals surface area contributed by atoms with E-state index in [2.05, 4.69) is 14.5 Å². The van der Waals surface area contributed by atoms with Gasteiger partial charge in [0.15, 0.2) is 0 Å². The molecule has 1 heterocycles. The molecule has 0 saturated carbocycles. The first-order valence-electron chi connectivity index (χ1n) is 8.42. The number of halogens is 2. The summed E-state index contributed by atoms with van der Waals surface area (Å²) in [7, 11) is -3.70. The Morgan fingerprint density at radius 1 is 0.923 bits per heavy atom. The molecule has 1 aliphatic heterocycles. The third-order valence-corrected chi connectivity index (χ3v) is 5.85. The molecule has 3 rings (SSSR count). The lowest BCUT2D eigenvalue weighted by molar-refractivity contribution is 0.262. The minimum Gasteiger partial charge on any atom is -0.369 e. The quantitative estimate of drug-likeness (QED) is 0.832. The maximum atomic E-state index is 13.2. The molecule has 0 aliphatic carbocycles.